The molecule has 1 N–H and O–H groups in total. The normalized spacial score (nSPS) is 25.0. The standard InChI is InChI=1S/C18H25ClN2O3S/c1-13-6-2-3-7-16(13)20-18(22)14-8-9-15(19)17(12-14)25(23,24)21-10-4-5-11-21/h8-9,12-13,16H,2-7,10-11H2,1H3,(H,20,22)/t13-,16-/m0/s1. The minimum Gasteiger partial charge on any atom is -0.349 e. The lowest BCUT2D eigenvalue weighted by Gasteiger charge is -2.29. The second kappa shape index (κ2) is 7.64. The average Bonchev–Trinajstić information content (AvgIpc) is 3.12. The summed E-state index contributed by atoms with van der Waals surface area (Å²) in [5.74, 6) is 0.214. The molecule has 1 aromatic carbocycles. The van der Waals surface area contributed by atoms with Gasteiger partial charge in [0, 0.05) is 24.7 Å². The summed E-state index contributed by atoms with van der Waals surface area (Å²) < 4.78 is 27.0. The van der Waals surface area contributed by atoms with E-state index in [1.54, 1.807) is 6.07 Å². The summed E-state index contributed by atoms with van der Waals surface area (Å²) in [4.78, 5) is 12.6. The van der Waals surface area contributed by atoms with Gasteiger partial charge in [-0.05, 0) is 49.8 Å². The predicted molar refractivity (Wildman–Crippen MR) is 98.3 cm³/mol. The number of amides is 1. The quantitative estimate of drug-likeness (QED) is 0.864. The second-order valence-corrected chi connectivity index (χ2v) is 9.41. The van der Waals surface area contributed by atoms with E-state index in [2.05, 4.69) is 12.2 Å². The molecular formula is C18H25ClN2O3S. The van der Waals surface area contributed by atoms with E-state index < -0.39 is 10.0 Å². The van der Waals surface area contributed by atoms with Crippen LogP contribution in [-0.4, -0.2) is 37.8 Å². The Labute approximate surface area is 154 Å². The third-order valence-corrected chi connectivity index (χ3v) is 7.68. The summed E-state index contributed by atoms with van der Waals surface area (Å²) in [7, 11) is -3.65. The van der Waals surface area contributed by atoms with Gasteiger partial charge in [0.15, 0.2) is 0 Å². The van der Waals surface area contributed by atoms with E-state index in [-0.39, 0.29) is 21.9 Å². The number of nitrogens with one attached hydrogen (secondary N) is 1. The van der Waals surface area contributed by atoms with Crippen molar-refractivity contribution in [1.82, 2.24) is 9.62 Å². The molecule has 25 heavy (non-hydrogen) atoms. The van der Waals surface area contributed by atoms with Gasteiger partial charge in [-0.15, -0.1) is 0 Å². The van der Waals surface area contributed by atoms with Crippen LogP contribution in [0.5, 0.6) is 0 Å². The molecule has 0 radical (unpaired) electrons. The van der Waals surface area contributed by atoms with Crippen LogP contribution in [-0.2, 0) is 10.0 Å². The molecule has 0 spiro atoms. The molecule has 1 heterocycles. The number of benzene rings is 1. The molecule has 2 atom stereocenters. The van der Waals surface area contributed by atoms with Gasteiger partial charge in [-0.3, -0.25) is 4.79 Å². The van der Waals surface area contributed by atoms with E-state index in [1.165, 1.54) is 22.9 Å². The highest BCUT2D eigenvalue weighted by Gasteiger charge is 2.30. The highest BCUT2D eigenvalue weighted by Crippen LogP contribution is 2.29. The Morgan fingerprint density at radius 1 is 1.16 bits per heavy atom. The molecule has 1 saturated heterocycles. The van der Waals surface area contributed by atoms with Crippen molar-refractivity contribution in [3.8, 4) is 0 Å². The molecule has 3 rings (SSSR count). The van der Waals surface area contributed by atoms with Crippen LogP contribution in [0.3, 0.4) is 0 Å². The molecule has 2 aliphatic rings. The van der Waals surface area contributed by atoms with E-state index in [4.69, 9.17) is 11.6 Å². The van der Waals surface area contributed by atoms with Crippen molar-refractivity contribution in [1.29, 1.82) is 0 Å². The van der Waals surface area contributed by atoms with Crippen LogP contribution in [0.1, 0.15) is 55.8 Å². The van der Waals surface area contributed by atoms with Gasteiger partial charge >= 0.3 is 0 Å². The number of sulfonamides is 1. The molecule has 7 heteroatoms. The maximum atomic E-state index is 12.8. The minimum atomic E-state index is -3.65. The molecule has 0 bridgehead atoms. The summed E-state index contributed by atoms with van der Waals surface area (Å²) >= 11 is 6.14. The number of halogens is 1. The van der Waals surface area contributed by atoms with Crippen LogP contribution in [0.2, 0.25) is 5.02 Å². The zero-order valence-corrected chi connectivity index (χ0v) is 16.1. The predicted octanol–water partition coefficient (Wildman–Crippen LogP) is 3.43. The van der Waals surface area contributed by atoms with E-state index >= 15 is 0 Å². The zero-order valence-electron chi connectivity index (χ0n) is 14.5. The lowest BCUT2D eigenvalue weighted by molar-refractivity contribution is 0.0910. The Morgan fingerprint density at radius 3 is 2.52 bits per heavy atom. The maximum absolute atomic E-state index is 12.8. The number of rotatable bonds is 4. The second-order valence-electron chi connectivity index (χ2n) is 7.10. The Bertz CT molecular complexity index is 745. The fourth-order valence-corrected chi connectivity index (χ4v) is 5.71. The molecule has 1 aromatic rings. The van der Waals surface area contributed by atoms with Crippen molar-refractivity contribution in [3.05, 3.63) is 28.8 Å². The topological polar surface area (TPSA) is 66.5 Å². The molecule has 1 amide bonds. The molecule has 5 nitrogen and oxygen atoms in total. The monoisotopic (exact) mass is 384 g/mol. The average molecular weight is 385 g/mol. The van der Waals surface area contributed by atoms with Crippen LogP contribution < -0.4 is 5.32 Å². The largest absolute Gasteiger partial charge is 0.349 e. The van der Waals surface area contributed by atoms with Gasteiger partial charge in [0.1, 0.15) is 4.90 Å². The van der Waals surface area contributed by atoms with Gasteiger partial charge in [-0.25, -0.2) is 8.42 Å². The highest BCUT2D eigenvalue weighted by molar-refractivity contribution is 7.89. The summed E-state index contributed by atoms with van der Waals surface area (Å²) in [6.07, 6.45) is 6.12. The number of hydrogen-bond donors (Lipinski definition) is 1. The molecule has 0 unspecified atom stereocenters. The molecule has 2 fully saturated rings. The molecule has 0 aromatic heterocycles. The lowest BCUT2D eigenvalue weighted by atomic mass is 9.86. The maximum Gasteiger partial charge on any atom is 0.251 e. The number of carbonyl (C=O) groups is 1. The Balaban J connectivity index is 1.82. The molecule has 138 valence electrons. The van der Waals surface area contributed by atoms with Crippen molar-refractivity contribution in [2.45, 2.75) is 56.4 Å². The van der Waals surface area contributed by atoms with Crippen molar-refractivity contribution in [2.75, 3.05) is 13.1 Å². The van der Waals surface area contributed by atoms with Crippen LogP contribution in [0.25, 0.3) is 0 Å². The Hall–Kier alpha value is -1.11. The Morgan fingerprint density at radius 2 is 1.84 bits per heavy atom. The van der Waals surface area contributed by atoms with Crippen LogP contribution in [0.15, 0.2) is 23.1 Å². The summed E-state index contributed by atoms with van der Waals surface area (Å²) in [6, 6.07) is 4.66. The van der Waals surface area contributed by atoms with Gasteiger partial charge in [0.05, 0.1) is 5.02 Å². The van der Waals surface area contributed by atoms with Crippen LogP contribution in [0, 0.1) is 5.92 Å². The number of nitrogens with zero attached hydrogens (tertiary/aromatic N) is 1. The SMILES string of the molecule is C[C@H]1CCCC[C@@H]1NC(=O)c1ccc(Cl)c(S(=O)(=O)N2CCCC2)c1. The summed E-state index contributed by atoms with van der Waals surface area (Å²) in [5.41, 5.74) is 0.347. The van der Waals surface area contributed by atoms with Gasteiger partial charge < -0.3 is 5.32 Å². The third-order valence-electron chi connectivity index (χ3n) is 5.30. The smallest absolute Gasteiger partial charge is 0.251 e. The first-order valence-electron chi connectivity index (χ1n) is 9.00. The summed E-state index contributed by atoms with van der Waals surface area (Å²) in [5, 5.41) is 3.22. The first-order valence-corrected chi connectivity index (χ1v) is 10.8. The first kappa shape index (κ1) is 18.7. The fraction of sp³-hybridized carbons (Fsp3) is 0.611. The molecular weight excluding hydrogens is 360 g/mol. The van der Waals surface area contributed by atoms with E-state index in [9.17, 15) is 13.2 Å². The van der Waals surface area contributed by atoms with Gasteiger partial charge in [-0.1, -0.05) is 31.4 Å². The highest BCUT2D eigenvalue weighted by atomic mass is 35.5. The zero-order chi connectivity index (χ0) is 18.0. The number of carbonyl (C=O) groups excluding carboxylic acids is 1. The fourth-order valence-electron chi connectivity index (χ4n) is 3.69. The van der Waals surface area contributed by atoms with Crippen molar-refractivity contribution < 1.29 is 13.2 Å². The van der Waals surface area contributed by atoms with Crippen LogP contribution in [0.4, 0.5) is 0 Å². The Kier molecular flexibility index (Phi) is 5.71. The first-order chi connectivity index (χ1) is 11.9. The van der Waals surface area contributed by atoms with Gasteiger partial charge in [-0.2, -0.15) is 4.31 Å². The van der Waals surface area contributed by atoms with Gasteiger partial charge in [0.2, 0.25) is 10.0 Å². The van der Waals surface area contributed by atoms with Crippen molar-refractivity contribution in [3.63, 3.8) is 0 Å². The van der Waals surface area contributed by atoms with Crippen LogP contribution >= 0.6 is 11.6 Å². The number of hydrogen-bond acceptors (Lipinski definition) is 3. The minimum absolute atomic E-state index is 0.0282. The molecule has 1 aliphatic carbocycles. The third kappa shape index (κ3) is 4.01. The summed E-state index contributed by atoms with van der Waals surface area (Å²) in [6.45, 7) is 3.17. The van der Waals surface area contributed by atoms with Crippen molar-refractivity contribution in [2.24, 2.45) is 5.92 Å². The van der Waals surface area contributed by atoms with E-state index in [1.807, 2.05) is 0 Å². The molecule has 1 aliphatic heterocycles. The van der Waals surface area contributed by atoms with E-state index in [0.717, 1.165) is 32.1 Å². The van der Waals surface area contributed by atoms with Crippen molar-refractivity contribution >= 4 is 27.5 Å². The lowest BCUT2D eigenvalue weighted by Crippen LogP contribution is -2.41. The van der Waals surface area contributed by atoms with E-state index in [0.29, 0.717) is 24.6 Å². The molecule has 1 saturated carbocycles. The van der Waals surface area contributed by atoms with Gasteiger partial charge in [0.25, 0.3) is 5.91 Å².